The fraction of sp³-hybridized carbons (Fsp3) is 0.600. The summed E-state index contributed by atoms with van der Waals surface area (Å²) in [4.78, 5) is 0. The Morgan fingerprint density at radius 3 is 2.85 bits per heavy atom. The molecule has 0 aliphatic heterocycles. The Labute approximate surface area is 86.8 Å². The van der Waals surface area contributed by atoms with Gasteiger partial charge in [0.15, 0.2) is 4.67 Å². The first kappa shape index (κ1) is 9.28. The Hall–Kier alpha value is -0.280. The first-order valence-corrected chi connectivity index (χ1v) is 5.57. The number of nitrogens with one attached hydrogen (secondary N) is 1. The lowest BCUT2D eigenvalue weighted by atomic mass is 9.79. The van der Waals surface area contributed by atoms with Gasteiger partial charge in [0.2, 0.25) is 0 Å². The summed E-state index contributed by atoms with van der Waals surface area (Å²) in [6.07, 6.45) is 2.43. The van der Waals surface area contributed by atoms with E-state index in [4.69, 9.17) is 4.42 Å². The highest BCUT2D eigenvalue weighted by Crippen LogP contribution is 2.38. The minimum Gasteiger partial charge on any atom is -0.454 e. The molecule has 3 heteroatoms. The van der Waals surface area contributed by atoms with Crippen LogP contribution in [0.3, 0.4) is 0 Å². The summed E-state index contributed by atoms with van der Waals surface area (Å²) in [6, 6.07) is 4.74. The van der Waals surface area contributed by atoms with Gasteiger partial charge in [-0.25, -0.2) is 0 Å². The minimum absolute atomic E-state index is 0.635. The van der Waals surface area contributed by atoms with Gasteiger partial charge in [-0.2, -0.15) is 0 Å². The van der Waals surface area contributed by atoms with Crippen molar-refractivity contribution in [2.75, 3.05) is 6.54 Å². The van der Waals surface area contributed by atoms with E-state index in [9.17, 15) is 0 Å². The van der Waals surface area contributed by atoms with Crippen molar-refractivity contribution in [3.63, 3.8) is 0 Å². The van der Waals surface area contributed by atoms with Crippen molar-refractivity contribution in [2.24, 2.45) is 0 Å². The fourth-order valence-corrected chi connectivity index (χ4v) is 2.17. The van der Waals surface area contributed by atoms with E-state index in [2.05, 4.69) is 34.2 Å². The van der Waals surface area contributed by atoms with Crippen LogP contribution in [0.2, 0.25) is 0 Å². The maximum Gasteiger partial charge on any atom is 0.169 e. The smallest absolute Gasteiger partial charge is 0.169 e. The van der Waals surface area contributed by atoms with E-state index in [0.29, 0.717) is 12.0 Å². The zero-order valence-corrected chi connectivity index (χ0v) is 9.30. The summed E-state index contributed by atoms with van der Waals surface area (Å²) < 4.78 is 6.34. The van der Waals surface area contributed by atoms with Gasteiger partial charge < -0.3 is 9.73 Å². The molecule has 72 valence electrons. The third-order valence-corrected chi connectivity index (χ3v) is 3.05. The Bertz CT molecular complexity index is 278. The third-order valence-electron chi connectivity index (χ3n) is 2.63. The van der Waals surface area contributed by atoms with Gasteiger partial charge in [-0.3, -0.25) is 0 Å². The molecule has 0 bridgehead atoms. The Balaban J connectivity index is 1.86. The second-order valence-electron chi connectivity index (χ2n) is 3.56. The molecule has 1 aliphatic rings. The number of hydrogen-bond donors (Lipinski definition) is 1. The minimum atomic E-state index is 0.635. The lowest BCUT2D eigenvalue weighted by Gasteiger charge is -2.34. The molecule has 2 rings (SSSR count). The molecule has 1 aliphatic carbocycles. The summed E-state index contributed by atoms with van der Waals surface area (Å²) in [7, 11) is 0. The van der Waals surface area contributed by atoms with Gasteiger partial charge in [0, 0.05) is 12.0 Å². The standard InChI is InChI=1S/C10H14BrNO/c1-2-12-8-5-7(6-8)9-3-4-10(11)13-9/h3-4,7-8,12H,2,5-6H2,1H3. The fourth-order valence-electron chi connectivity index (χ4n) is 1.85. The molecule has 1 aromatic rings. The maximum absolute atomic E-state index is 5.50. The van der Waals surface area contributed by atoms with Crippen molar-refractivity contribution in [1.82, 2.24) is 5.32 Å². The molecular formula is C10H14BrNO. The average Bonchev–Trinajstić information content (AvgIpc) is 2.43. The second kappa shape index (κ2) is 3.84. The van der Waals surface area contributed by atoms with Crippen LogP contribution in [0, 0.1) is 0 Å². The molecule has 0 radical (unpaired) electrons. The molecule has 0 unspecified atom stereocenters. The van der Waals surface area contributed by atoms with Crippen LogP contribution in [0.25, 0.3) is 0 Å². The first-order valence-electron chi connectivity index (χ1n) is 4.78. The van der Waals surface area contributed by atoms with Crippen molar-refractivity contribution in [2.45, 2.75) is 31.7 Å². The van der Waals surface area contributed by atoms with E-state index >= 15 is 0 Å². The van der Waals surface area contributed by atoms with Crippen molar-refractivity contribution < 1.29 is 4.42 Å². The zero-order valence-electron chi connectivity index (χ0n) is 7.72. The number of halogens is 1. The quantitative estimate of drug-likeness (QED) is 0.884. The summed E-state index contributed by atoms with van der Waals surface area (Å²) in [6.45, 7) is 3.22. The van der Waals surface area contributed by atoms with Gasteiger partial charge >= 0.3 is 0 Å². The highest BCUT2D eigenvalue weighted by atomic mass is 79.9. The molecule has 1 heterocycles. The van der Waals surface area contributed by atoms with Crippen molar-refractivity contribution in [3.8, 4) is 0 Å². The lowest BCUT2D eigenvalue weighted by molar-refractivity contribution is 0.260. The summed E-state index contributed by atoms with van der Waals surface area (Å²) in [5.41, 5.74) is 0. The van der Waals surface area contributed by atoms with Crippen LogP contribution in [0.1, 0.15) is 31.4 Å². The van der Waals surface area contributed by atoms with Gasteiger partial charge in [-0.15, -0.1) is 0 Å². The van der Waals surface area contributed by atoms with E-state index in [1.807, 2.05) is 6.07 Å². The van der Waals surface area contributed by atoms with Crippen LogP contribution in [-0.2, 0) is 0 Å². The SMILES string of the molecule is CCNC1CC(c2ccc(Br)o2)C1. The Morgan fingerprint density at radius 2 is 2.31 bits per heavy atom. The van der Waals surface area contributed by atoms with Crippen LogP contribution >= 0.6 is 15.9 Å². The van der Waals surface area contributed by atoms with E-state index in [1.54, 1.807) is 0 Å². The lowest BCUT2D eigenvalue weighted by Crippen LogP contribution is -2.39. The van der Waals surface area contributed by atoms with Gasteiger partial charge in [-0.1, -0.05) is 6.92 Å². The highest BCUT2D eigenvalue weighted by Gasteiger charge is 2.31. The maximum atomic E-state index is 5.50. The van der Waals surface area contributed by atoms with Gasteiger partial charge in [0.25, 0.3) is 0 Å². The van der Waals surface area contributed by atoms with Gasteiger partial charge in [0.1, 0.15) is 5.76 Å². The van der Waals surface area contributed by atoms with Crippen LogP contribution in [0.4, 0.5) is 0 Å². The molecule has 0 saturated heterocycles. The van der Waals surface area contributed by atoms with E-state index in [1.165, 1.54) is 12.8 Å². The predicted octanol–water partition coefficient (Wildman–Crippen LogP) is 2.90. The van der Waals surface area contributed by atoms with Crippen LogP contribution < -0.4 is 5.32 Å². The number of hydrogen-bond acceptors (Lipinski definition) is 2. The summed E-state index contributed by atoms with van der Waals surface area (Å²) >= 11 is 3.32. The Kier molecular flexibility index (Phi) is 2.74. The predicted molar refractivity (Wildman–Crippen MR) is 55.8 cm³/mol. The Morgan fingerprint density at radius 1 is 1.54 bits per heavy atom. The normalized spacial score (nSPS) is 27.2. The van der Waals surface area contributed by atoms with E-state index < -0.39 is 0 Å². The molecule has 1 aromatic heterocycles. The third kappa shape index (κ3) is 1.97. The largest absolute Gasteiger partial charge is 0.454 e. The van der Waals surface area contributed by atoms with Crippen LogP contribution in [-0.4, -0.2) is 12.6 Å². The van der Waals surface area contributed by atoms with Gasteiger partial charge in [-0.05, 0) is 47.4 Å². The molecule has 0 spiro atoms. The highest BCUT2D eigenvalue weighted by molar-refractivity contribution is 9.10. The topological polar surface area (TPSA) is 25.2 Å². The van der Waals surface area contributed by atoms with Crippen molar-refractivity contribution in [1.29, 1.82) is 0 Å². The van der Waals surface area contributed by atoms with E-state index in [-0.39, 0.29) is 0 Å². The average molecular weight is 244 g/mol. The summed E-state index contributed by atoms with van der Waals surface area (Å²) in [5.74, 6) is 1.76. The van der Waals surface area contributed by atoms with Crippen molar-refractivity contribution >= 4 is 15.9 Å². The zero-order chi connectivity index (χ0) is 9.26. The molecule has 0 amide bonds. The molecular weight excluding hydrogens is 230 g/mol. The molecule has 0 aromatic carbocycles. The second-order valence-corrected chi connectivity index (χ2v) is 4.35. The monoisotopic (exact) mass is 243 g/mol. The molecule has 2 nitrogen and oxygen atoms in total. The number of furan rings is 1. The molecule has 1 saturated carbocycles. The van der Waals surface area contributed by atoms with Crippen LogP contribution in [0.15, 0.2) is 21.2 Å². The van der Waals surface area contributed by atoms with Crippen molar-refractivity contribution in [3.05, 3.63) is 22.6 Å². The van der Waals surface area contributed by atoms with E-state index in [0.717, 1.165) is 17.0 Å². The molecule has 0 atom stereocenters. The first-order chi connectivity index (χ1) is 6.29. The number of rotatable bonds is 3. The summed E-state index contributed by atoms with van der Waals surface area (Å²) in [5, 5.41) is 3.44. The molecule has 1 N–H and O–H groups in total. The van der Waals surface area contributed by atoms with Gasteiger partial charge in [0.05, 0.1) is 0 Å². The van der Waals surface area contributed by atoms with Crippen LogP contribution in [0.5, 0.6) is 0 Å². The molecule has 13 heavy (non-hydrogen) atoms. The molecule has 1 fully saturated rings.